The quantitative estimate of drug-likeness (QED) is 0.169. The maximum absolute atomic E-state index is 14.8. The van der Waals surface area contributed by atoms with Crippen molar-refractivity contribution in [2.75, 3.05) is 26.9 Å². The zero-order valence-corrected chi connectivity index (χ0v) is 20.8. The Bertz CT molecular complexity index is 1060. The molecule has 1 saturated heterocycles. The number of hydrogen-bond donors (Lipinski definition) is 2. The largest absolute Gasteiger partial charge is 0.462 e. The van der Waals surface area contributed by atoms with Crippen molar-refractivity contribution in [1.82, 2.24) is 9.99 Å². The molecule has 2 aliphatic rings. The molecule has 1 aromatic carbocycles. The molecule has 204 valence electrons. The molecule has 15 heteroatoms. The number of rotatable bonds is 12. The number of aliphatic hydroxyl groups is 1. The van der Waals surface area contributed by atoms with E-state index in [1.54, 1.807) is 18.2 Å². The molecule has 0 unspecified atom stereocenters. The van der Waals surface area contributed by atoms with E-state index in [0.717, 1.165) is 12.3 Å². The Kier molecular flexibility index (Phi) is 9.51. The molecule has 37 heavy (non-hydrogen) atoms. The molecule has 0 aromatic heterocycles. The van der Waals surface area contributed by atoms with E-state index < -0.39 is 68.8 Å². The molecule has 0 bridgehead atoms. The van der Waals surface area contributed by atoms with Crippen LogP contribution in [0.2, 0.25) is 0 Å². The molecular weight excluding hydrogens is 521 g/mol. The van der Waals surface area contributed by atoms with Gasteiger partial charge in [0.15, 0.2) is 11.9 Å². The van der Waals surface area contributed by atoms with Crippen LogP contribution in [0.4, 0.5) is 8.78 Å². The maximum Gasteiger partial charge on any atom is 0.459 e. The first kappa shape index (κ1) is 28.8. The average molecular weight is 548 g/mol. The van der Waals surface area contributed by atoms with E-state index >= 15 is 0 Å². The Morgan fingerprint density at radius 3 is 2.65 bits per heavy atom. The molecule has 1 amide bonds. The van der Waals surface area contributed by atoms with Gasteiger partial charge in [-0.15, -0.1) is 0 Å². The zero-order valence-electron chi connectivity index (χ0n) is 20.0. The van der Waals surface area contributed by atoms with E-state index in [9.17, 15) is 32.8 Å². The van der Waals surface area contributed by atoms with E-state index in [4.69, 9.17) is 23.3 Å². The summed E-state index contributed by atoms with van der Waals surface area (Å²) in [6, 6.07) is 6.48. The summed E-state index contributed by atoms with van der Waals surface area (Å²) in [7, 11) is -3.03. The first-order valence-corrected chi connectivity index (χ1v) is 12.7. The van der Waals surface area contributed by atoms with Crippen molar-refractivity contribution in [3.05, 3.63) is 42.6 Å². The van der Waals surface area contributed by atoms with Crippen molar-refractivity contribution in [3.63, 3.8) is 0 Å². The molecule has 2 aliphatic heterocycles. The second-order valence-corrected chi connectivity index (χ2v) is 9.81. The van der Waals surface area contributed by atoms with Gasteiger partial charge in [-0.05, 0) is 25.1 Å². The molecule has 12 nitrogen and oxygen atoms in total. The van der Waals surface area contributed by atoms with Gasteiger partial charge in [0.1, 0.15) is 24.5 Å². The van der Waals surface area contributed by atoms with Gasteiger partial charge in [0, 0.05) is 13.3 Å². The minimum Gasteiger partial charge on any atom is -0.462 e. The number of carbonyl (C=O) groups excluding carboxylic acids is 3. The molecule has 3 rings (SSSR count). The summed E-state index contributed by atoms with van der Waals surface area (Å²) >= 11 is 0. The topological polar surface area (TPSA) is 150 Å². The number of carbonyl (C=O) groups is 3. The fourth-order valence-electron chi connectivity index (χ4n) is 3.38. The van der Waals surface area contributed by atoms with E-state index in [1.807, 2.05) is 0 Å². The van der Waals surface area contributed by atoms with Crippen LogP contribution in [-0.2, 0) is 37.7 Å². The summed E-state index contributed by atoms with van der Waals surface area (Å²) < 4.78 is 68.8. The Balaban J connectivity index is 1.73. The Labute approximate surface area is 211 Å². The third kappa shape index (κ3) is 7.18. The van der Waals surface area contributed by atoms with Crippen LogP contribution in [0.15, 0.2) is 42.6 Å². The van der Waals surface area contributed by atoms with E-state index in [2.05, 4.69) is 5.09 Å². The molecule has 0 radical (unpaired) electrons. The number of amides is 1. The first-order valence-electron chi connectivity index (χ1n) is 11.1. The Hall–Kier alpha value is -2.74. The number of halogens is 2. The van der Waals surface area contributed by atoms with Crippen molar-refractivity contribution in [3.8, 4) is 5.75 Å². The number of ketones is 1. The number of allylic oxidation sites excluding steroid dienone is 1. The predicted octanol–water partition coefficient (Wildman–Crippen LogP) is 1.39. The maximum atomic E-state index is 14.8. The van der Waals surface area contributed by atoms with Crippen LogP contribution < -0.4 is 9.61 Å². The van der Waals surface area contributed by atoms with Gasteiger partial charge >= 0.3 is 19.6 Å². The highest BCUT2D eigenvalue weighted by Gasteiger charge is 2.61. The van der Waals surface area contributed by atoms with E-state index in [0.29, 0.717) is 4.90 Å². The lowest BCUT2D eigenvalue weighted by atomic mass is 10.1. The van der Waals surface area contributed by atoms with Gasteiger partial charge in [0.2, 0.25) is 12.1 Å². The number of esters is 1. The van der Waals surface area contributed by atoms with Crippen molar-refractivity contribution < 1.29 is 56.1 Å². The number of hydrogen-bond acceptors (Lipinski definition) is 10. The van der Waals surface area contributed by atoms with Crippen LogP contribution in [0.3, 0.4) is 0 Å². The molecule has 0 aliphatic carbocycles. The van der Waals surface area contributed by atoms with Gasteiger partial charge in [0.25, 0.3) is 0 Å². The summed E-state index contributed by atoms with van der Waals surface area (Å²) in [6.45, 7) is 0.503. The van der Waals surface area contributed by atoms with Crippen LogP contribution in [0.5, 0.6) is 5.75 Å². The van der Waals surface area contributed by atoms with Crippen molar-refractivity contribution in [2.24, 2.45) is 0 Å². The van der Waals surface area contributed by atoms with Crippen molar-refractivity contribution >= 4 is 25.4 Å². The summed E-state index contributed by atoms with van der Waals surface area (Å²) in [5, 5.41) is 12.6. The number of benzene rings is 1. The van der Waals surface area contributed by atoms with Gasteiger partial charge < -0.3 is 23.8 Å². The van der Waals surface area contributed by atoms with Crippen LogP contribution >= 0.6 is 7.75 Å². The smallest absolute Gasteiger partial charge is 0.459 e. The van der Waals surface area contributed by atoms with Crippen molar-refractivity contribution in [2.45, 2.75) is 43.7 Å². The summed E-state index contributed by atoms with van der Waals surface area (Å²) in [6.07, 6.45) is -5.28. The number of nitrogens with one attached hydrogen (secondary N) is 1. The molecule has 2 heterocycles. The lowest BCUT2D eigenvalue weighted by Gasteiger charge is -2.30. The fourth-order valence-corrected chi connectivity index (χ4v) is 4.89. The zero-order chi connectivity index (χ0) is 27.2. The SMILES string of the molecule is COCCOC(=O)[C@H](C)N[P@](=O)(OC[C@H]1O[C@@H](N2C=CC(=O)CC2=O)C(F)(F)[C@@H]1O)Oc1ccccc1. The van der Waals surface area contributed by atoms with E-state index in [-0.39, 0.29) is 19.0 Å². The van der Waals surface area contributed by atoms with Crippen LogP contribution in [0.1, 0.15) is 13.3 Å². The highest BCUT2D eigenvalue weighted by Crippen LogP contribution is 2.47. The summed E-state index contributed by atoms with van der Waals surface area (Å²) in [5.41, 5.74) is 0. The van der Waals surface area contributed by atoms with Gasteiger partial charge in [0.05, 0.1) is 19.6 Å². The van der Waals surface area contributed by atoms with Crippen LogP contribution in [0, 0.1) is 0 Å². The Morgan fingerprint density at radius 1 is 1.30 bits per heavy atom. The lowest BCUT2D eigenvalue weighted by Crippen LogP contribution is -2.50. The molecule has 1 fully saturated rings. The minimum atomic E-state index is -4.44. The highest BCUT2D eigenvalue weighted by atomic mass is 31.2. The molecule has 1 aromatic rings. The van der Waals surface area contributed by atoms with Gasteiger partial charge in [-0.2, -0.15) is 13.9 Å². The number of ether oxygens (including phenoxy) is 3. The first-order chi connectivity index (χ1) is 17.5. The number of para-hydroxylation sites is 1. The molecular formula is C22H27F2N2O10P. The van der Waals surface area contributed by atoms with Crippen molar-refractivity contribution in [1.29, 1.82) is 0 Å². The minimum absolute atomic E-state index is 0.0695. The fraction of sp³-hybridized carbons (Fsp3) is 0.500. The number of nitrogens with zero attached hydrogens (tertiary/aromatic N) is 1. The molecule has 0 saturated carbocycles. The number of alkyl halides is 2. The second-order valence-electron chi connectivity index (χ2n) is 8.11. The molecule has 0 spiro atoms. The molecule has 5 atom stereocenters. The summed E-state index contributed by atoms with van der Waals surface area (Å²) in [5.74, 6) is -6.20. The second kappa shape index (κ2) is 12.2. The number of methoxy groups -OCH3 is 1. The van der Waals surface area contributed by atoms with E-state index in [1.165, 1.54) is 26.2 Å². The lowest BCUT2D eigenvalue weighted by molar-refractivity contribution is -0.172. The predicted molar refractivity (Wildman–Crippen MR) is 121 cm³/mol. The summed E-state index contributed by atoms with van der Waals surface area (Å²) in [4.78, 5) is 36.2. The number of aliphatic hydroxyl groups excluding tert-OH is 1. The monoisotopic (exact) mass is 548 g/mol. The highest BCUT2D eigenvalue weighted by molar-refractivity contribution is 7.52. The third-order valence-corrected chi connectivity index (χ3v) is 6.92. The third-order valence-electron chi connectivity index (χ3n) is 5.28. The normalized spacial score (nSPS) is 25.5. The molecule has 2 N–H and O–H groups in total. The standard InChI is InChI=1S/C22H27F2N2O10P/c1-14(20(30)33-11-10-32-2)25-37(31,36-16-6-4-3-5-7-16)34-13-17-19(29)22(23,24)21(35-17)26-9-8-15(27)12-18(26)28/h3-9,14,17,19,21,29H,10-13H2,1-2H3,(H,25,31)/t14-,17+,19+,21+,37-/m0/s1. The van der Waals surface area contributed by atoms with Crippen LogP contribution in [-0.4, -0.2) is 85.0 Å². The Morgan fingerprint density at radius 2 is 2.00 bits per heavy atom. The van der Waals surface area contributed by atoms with Gasteiger partial charge in [-0.3, -0.25) is 23.8 Å². The average Bonchev–Trinajstić information content (AvgIpc) is 3.07. The van der Waals surface area contributed by atoms with Crippen LogP contribution in [0.25, 0.3) is 0 Å². The van der Waals surface area contributed by atoms with Gasteiger partial charge in [-0.1, -0.05) is 18.2 Å². The van der Waals surface area contributed by atoms with Gasteiger partial charge in [-0.25, -0.2) is 4.57 Å².